The minimum atomic E-state index is -1.00. The molecule has 1 saturated carbocycles. The second kappa shape index (κ2) is 8.67. The zero-order valence-corrected chi connectivity index (χ0v) is 18.9. The molecule has 0 aromatic heterocycles. The van der Waals surface area contributed by atoms with Gasteiger partial charge in [-0.25, -0.2) is 9.59 Å². The Morgan fingerprint density at radius 2 is 1.87 bits per heavy atom. The van der Waals surface area contributed by atoms with E-state index in [0.29, 0.717) is 10.2 Å². The van der Waals surface area contributed by atoms with Crippen LogP contribution in [0.15, 0.2) is 27.3 Å². The maximum Gasteiger partial charge on any atom is 0.420 e. The molecule has 8 nitrogen and oxygen atoms in total. The minimum Gasteiger partial charge on any atom is -0.447 e. The van der Waals surface area contributed by atoms with Crippen molar-refractivity contribution in [1.82, 2.24) is 4.90 Å². The third-order valence-corrected chi connectivity index (χ3v) is 5.61. The summed E-state index contributed by atoms with van der Waals surface area (Å²) in [6, 6.07) is 4.89. The zero-order chi connectivity index (χ0) is 22.1. The average Bonchev–Trinajstić information content (AvgIpc) is 2.99. The molecule has 0 radical (unpaired) electrons. The van der Waals surface area contributed by atoms with Gasteiger partial charge < -0.3 is 14.9 Å². The summed E-state index contributed by atoms with van der Waals surface area (Å²) >= 11 is 3.22. The van der Waals surface area contributed by atoms with E-state index in [4.69, 9.17) is 14.9 Å². The highest BCUT2D eigenvalue weighted by Crippen LogP contribution is 2.38. The van der Waals surface area contributed by atoms with Gasteiger partial charge in [0.2, 0.25) is 0 Å². The molecule has 1 heterocycles. The molecule has 0 aromatic carbocycles. The number of primary amides is 1. The third kappa shape index (κ3) is 4.77. The molecule has 30 heavy (non-hydrogen) atoms. The van der Waals surface area contributed by atoms with E-state index in [0.717, 1.165) is 32.1 Å². The summed E-state index contributed by atoms with van der Waals surface area (Å²) in [5, 5.41) is 2.46. The lowest BCUT2D eigenvalue weighted by Gasteiger charge is -2.42. The molecule has 0 saturated heterocycles. The number of amides is 3. The molecule has 2 aliphatic carbocycles. The van der Waals surface area contributed by atoms with Gasteiger partial charge in [-0.2, -0.15) is 0 Å². The van der Waals surface area contributed by atoms with Crippen molar-refractivity contribution in [3.8, 4) is 11.3 Å². The number of hydrogen-bond donors (Lipinski definition) is 2. The van der Waals surface area contributed by atoms with E-state index in [1.807, 2.05) is 20.8 Å². The first-order valence-corrected chi connectivity index (χ1v) is 10.7. The number of fused-ring (bicyclic) bond motifs is 1. The monoisotopic (exact) mass is 479 g/mol. The summed E-state index contributed by atoms with van der Waals surface area (Å²) < 4.78 is 11.1. The number of nitrogens with zero attached hydrogens (tertiary/aromatic N) is 1. The Bertz CT molecular complexity index is 927. The molecular weight excluding hydrogens is 454 g/mol. The highest BCUT2D eigenvalue weighted by atomic mass is 79.9. The van der Waals surface area contributed by atoms with Crippen molar-refractivity contribution in [3.05, 3.63) is 28.4 Å². The predicted molar refractivity (Wildman–Crippen MR) is 116 cm³/mol. The summed E-state index contributed by atoms with van der Waals surface area (Å²) in [6.07, 6.45) is 3.24. The van der Waals surface area contributed by atoms with Crippen LogP contribution in [0.3, 0.4) is 0 Å². The molecule has 1 aliphatic heterocycles. The largest absolute Gasteiger partial charge is 0.447 e. The molecule has 3 rings (SSSR count). The number of ether oxygens (including phenoxy) is 1. The van der Waals surface area contributed by atoms with Crippen molar-refractivity contribution in [3.63, 3.8) is 0 Å². The Hall–Kier alpha value is -2.55. The molecule has 3 N–H and O–H groups in total. The van der Waals surface area contributed by atoms with Crippen molar-refractivity contribution in [2.75, 3.05) is 5.32 Å². The van der Waals surface area contributed by atoms with Crippen molar-refractivity contribution in [2.45, 2.75) is 64.5 Å². The lowest BCUT2D eigenvalue weighted by atomic mass is 9.91. The molecule has 1 fully saturated rings. The highest BCUT2D eigenvalue weighted by molar-refractivity contribution is 9.10. The molecule has 3 amide bonds. The molecule has 3 aliphatic rings. The second-order valence-electron chi connectivity index (χ2n) is 8.43. The first kappa shape index (κ1) is 22.1. The number of hydrogen-bond acceptors (Lipinski definition) is 5. The lowest BCUT2D eigenvalue weighted by molar-refractivity contribution is 0.0512. The summed E-state index contributed by atoms with van der Waals surface area (Å²) in [5.74, 6) is -0.486. The van der Waals surface area contributed by atoms with Crippen LogP contribution in [0.2, 0.25) is 0 Å². The topological polar surface area (TPSA) is 115 Å². The predicted octanol–water partition coefficient (Wildman–Crippen LogP) is 5.35. The summed E-state index contributed by atoms with van der Waals surface area (Å²) in [6.45, 7) is 5.73. The molecular formula is C21H26BrN3O5. The van der Waals surface area contributed by atoms with Gasteiger partial charge >= 0.3 is 12.2 Å². The minimum absolute atomic E-state index is 0.0194. The molecule has 162 valence electrons. The molecule has 0 bridgehead atoms. The fraction of sp³-hybridized carbons (Fsp3) is 0.476. The maximum absolute atomic E-state index is 12.9. The van der Waals surface area contributed by atoms with Crippen LogP contribution >= 0.6 is 15.9 Å². The van der Waals surface area contributed by atoms with Gasteiger partial charge in [0.1, 0.15) is 5.69 Å². The van der Waals surface area contributed by atoms with Gasteiger partial charge in [0.05, 0.1) is 5.56 Å². The number of nitrogens with two attached hydrogens (primary N) is 1. The Morgan fingerprint density at radius 3 is 2.47 bits per heavy atom. The third-order valence-electron chi connectivity index (χ3n) is 5.18. The van der Waals surface area contributed by atoms with Gasteiger partial charge in [-0.1, -0.05) is 19.3 Å². The molecule has 9 heteroatoms. The fourth-order valence-electron chi connectivity index (χ4n) is 3.96. The number of anilines is 1. The van der Waals surface area contributed by atoms with E-state index in [1.165, 1.54) is 6.07 Å². The Morgan fingerprint density at radius 1 is 1.20 bits per heavy atom. The number of halogens is 1. The molecule has 0 atom stereocenters. The standard InChI is InChI=1S/C21H26BrN3O5/c1-21(2,3)25(13-7-5-4-6-8-13)20(28)30-19(27)24-16-14(18(23)26)11-12-9-10-15(22)29-17(12)16/h9-11,13H,4-8H2,1-3H3,(H2,23,26)(H,24,27). The lowest BCUT2D eigenvalue weighted by Crippen LogP contribution is -2.53. The zero-order valence-electron chi connectivity index (χ0n) is 17.3. The maximum atomic E-state index is 12.9. The van der Waals surface area contributed by atoms with Crippen LogP contribution < -0.4 is 11.1 Å². The van der Waals surface area contributed by atoms with Gasteiger partial charge in [-0.05, 0) is 67.7 Å². The number of carbonyl (C=O) groups excluding carboxylic acids is 3. The van der Waals surface area contributed by atoms with Crippen LogP contribution in [0, 0.1) is 0 Å². The Kier molecular flexibility index (Phi) is 6.40. The van der Waals surface area contributed by atoms with Crippen molar-refractivity contribution in [2.24, 2.45) is 5.73 Å². The van der Waals surface area contributed by atoms with E-state index in [-0.39, 0.29) is 23.1 Å². The Balaban J connectivity index is 1.81. The van der Waals surface area contributed by atoms with Gasteiger partial charge in [-0.3, -0.25) is 15.0 Å². The Labute approximate surface area is 183 Å². The first-order chi connectivity index (χ1) is 14.1. The number of carbonyl (C=O) groups is 3. The van der Waals surface area contributed by atoms with E-state index in [2.05, 4.69) is 21.2 Å². The van der Waals surface area contributed by atoms with Crippen LogP contribution in [0.25, 0.3) is 11.3 Å². The SMILES string of the molecule is CC(C)(C)N(C(=O)OC(=O)Nc1c(C(N)=O)cc2ccc(Br)oc1-2)C1CCCCC1. The summed E-state index contributed by atoms with van der Waals surface area (Å²) in [4.78, 5) is 38.9. The van der Waals surface area contributed by atoms with E-state index in [1.54, 1.807) is 17.0 Å². The fourth-order valence-corrected chi connectivity index (χ4v) is 4.26. The first-order valence-electron chi connectivity index (χ1n) is 9.92. The van der Waals surface area contributed by atoms with E-state index < -0.39 is 23.6 Å². The second-order valence-corrected chi connectivity index (χ2v) is 9.22. The van der Waals surface area contributed by atoms with Crippen LogP contribution in [0.4, 0.5) is 15.3 Å². The summed E-state index contributed by atoms with van der Waals surface area (Å²) in [5.41, 5.74) is 5.64. The smallest absolute Gasteiger partial charge is 0.420 e. The number of nitrogens with one attached hydrogen (secondary N) is 1. The highest BCUT2D eigenvalue weighted by Gasteiger charge is 2.36. The average molecular weight is 480 g/mol. The molecule has 0 unspecified atom stereocenters. The van der Waals surface area contributed by atoms with E-state index >= 15 is 0 Å². The van der Waals surface area contributed by atoms with Crippen LogP contribution in [-0.2, 0) is 4.74 Å². The van der Waals surface area contributed by atoms with Crippen LogP contribution in [-0.4, -0.2) is 34.6 Å². The van der Waals surface area contributed by atoms with Crippen molar-refractivity contribution >= 4 is 39.7 Å². The normalized spacial score (nSPS) is 15.1. The summed E-state index contributed by atoms with van der Waals surface area (Å²) in [7, 11) is 0. The van der Waals surface area contributed by atoms with Gasteiger partial charge in [0, 0.05) is 17.1 Å². The number of rotatable bonds is 3. The van der Waals surface area contributed by atoms with Crippen molar-refractivity contribution in [1.29, 1.82) is 0 Å². The van der Waals surface area contributed by atoms with Crippen LogP contribution in [0.1, 0.15) is 63.2 Å². The van der Waals surface area contributed by atoms with Gasteiger partial charge in [0.15, 0.2) is 10.4 Å². The van der Waals surface area contributed by atoms with E-state index in [9.17, 15) is 14.4 Å². The quantitative estimate of drug-likeness (QED) is 0.575. The van der Waals surface area contributed by atoms with Crippen molar-refractivity contribution < 1.29 is 23.5 Å². The van der Waals surface area contributed by atoms with Gasteiger partial charge in [0.25, 0.3) is 5.91 Å². The van der Waals surface area contributed by atoms with Crippen LogP contribution in [0.5, 0.6) is 0 Å². The van der Waals surface area contributed by atoms with Gasteiger partial charge in [-0.15, -0.1) is 0 Å². The molecule has 0 spiro atoms. The molecule has 0 aromatic rings.